The molecular weight excluding hydrogens is 426 g/mol. The van der Waals surface area contributed by atoms with Crippen molar-refractivity contribution in [1.29, 1.82) is 0 Å². The molecule has 0 amide bonds. The molecule has 1 saturated heterocycles. The van der Waals surface area contributed by atoms with Gasteiger partial charge >= 0.3 is 0 Å². The van der Waals surface area contributed by atoms with Crippen LogP contribution in [0.2, 0.25) is 0 Å². The van der Waals surface area contributed by atoms with Gasteiger partial charge in [-0.05, 0) is 87.9 Å². The van der Waals surface area contributed by atoms with Gasteiger partial charge in [0, 0.05) is 42.8 Å². The Balaban J connectivity index is 1.49. The molecule has 1 fully saturated rings. The van der Waals surface area contributed by atoms with Crippen molar-refractivity contribution in [2.45, 2.75) is 71.0 Å². The Kier molecular flexibility index (Phi) is 5.29. The molecular formula is C27H35N5S. The van der Waals surface area contributed by atoms with Gasteiger partial charge in [0.15, 0.2) is 5.13 Å². The molecule has 0 atom stereocenters. The van der Waals surface area contributed by atoms with Crippen molar-refractivity contribution in [1.82, 2.24) is 20.1 Å². The Hall–Kier alpha value is -2.44. The van der Waals surface area contributed by atoms with Gasteiger partial charge in [0.05, 0.1) is 15.7 Å². The van der Waals surface area contributed by atoms with Gasteiger partial charge in [0.25, 0.3) is 0 Å². The molecule has 6 heteroatoms. The van der Waals surface area contributed by atoms with Crippen LogP contribution in [-0.2, 0) is 13.5 Å². The Morgan fingerprint density at radius 1 is 1.09 bits per heavy atom. The molecule has 0 spiro atoms. The molecule has 2 aromatic heterocycles. The summed E-state index contributed by atoms with van der Waals surface area (Å²) in [6.45, 7) is 11.4. The lowest BCUT2D eigenvalue weighted by molar-refractivity contribution is 0.161. The van der Waals surface area contributed by atoms with Gasteiger partial charge in [0.1, 0.15) is 0 Å². The van der Waals surface area contributed by atoms with Gasteiger partial charge in [-0.25, -0.2) is 4.98 Å². The van der Waals surface area contributed by atoms with Crippen molar-refractivity contribution in [3.8, 4) is 11.1 Å². The number of piperidine rings is 1. The zero-order chi connectivity index (χ0) is 23.5. The van der Waals surface area contributed by atoms with Crippen molar-refractivity contribution in [2.75, 3.05) is 11.9 Å². The number of rotatable bonds is 4. The Bertz CT molecular complexity index is 1310. The second-order valence-corrected chi connectivity index (χ2v) is 12.0. The summed E-state index contributed by atoms with van der Waals surface area (Å²) in [7, 11) is 4.20. The van der Waals surface area contributed by atoms with E-state index in [9.17, 15) is 0 Å². The first-order chi connectivity index (χ1) is 15.5. The van der Waals surface area contributed by atoms with Gasteiger partial charge in [-0.1, -0.05) is 24.3 Å². The molecule has 2 aromatic carbocycles. The van der Waals surface area contributed by atoms with Crippen LogP contribution >= 0.6 is 11.3 Å². The van der Waals surface area contributed by atoms with E-state index in [1.54, 1.807) is 11.3 Å². The lowest BCUT2D eigenvalue weighted by atomic mass is 9.79. The van der Waals surface area contributed by atoms with Crippen LogP contribution in [-0.4, -0.2) is 38.9 Å². The molecule has 0 radical (unpaired) electrons. The third kappa shape index (κ3) is 4.26. The second kappa shape index (κ2) is 7.81. The van der Waals surface area contributed by atoms with E-state index in [1.165, 1.54) is 26.8 Å². The van der Waals surface area contributed by atoms with Crippen molar-refractivity contribution in [2.24, 2.45) is 7.05 Å². The van der Waals surface area contributed by atoms with Crippen LogP contribution < -0.4 is 10.2 Å². The highest BCUT2D eigenvalue weighted by Crippen LogP contribution is 2.37. The number of fused-ring (bicyclic) bond motifs is 2. The van der Waals surface area contributed by atoms with Crippen LogP contribution in [0.5, 0.6) is 0 Å². The summed E-state index contributed by atoms with van der Waals surface area (Å²) in [5, 5.41) is 10.8. The van der Waals surface area contributed by atoms with Crippen molar-refractivity contribution >= 4 is 37.6 Å². The van der Waals surface area contributed by atoms with Gasteiger partial charge in [-0.2, -0.15) is 5.10 Å². The molecule has 5 nitrogen and oxygen atoms in total. The van der Waals surface area contributed by atoms with Crippen LogP contribution in [0.15, 0.2) is 36.5 Å². The predicted molar refractivity (Wildman–Crippen MR) is 141 cm³/mol. The summed E-state index contributed by atoms with van der Waals surface area (Å²) >= 11 is 1.80. The van der Waals surface area contributed by atoms with Gasteiger partial charge in [0.2, 0.25) is 0 Å². The highest BCUT2D eigenvalue weighted by atomic mass is 32.1. The summed E-state index contributed by atoms with van der Waals surface area (Å²) in [6, 6.07) is 11.7. The smallest absolute Gasteiger partial charge is 0.186 e. The second-order valence-electron chi connectivity index (χ2n) is 11.0. The third-order valence-electron chi connectivity index (χ3n) is 6.91. The molecule has 1 N–H and O–H groups in total. The topological polar surface area (TPSA) is 46.0 Å². The largest absolute Gasteiger partial charge is 0.348 e. The van der Waals surface area contributed by atoms with Gasteiger partial charge in [-0.3, -0.25) is 4.68 Å². The molecule has 0 bridgehead atoms. The zero-order valence-electron chi connectivity index (χ0n) is 20.9. The van der Waals surface area contributed by atoms with Crippen LogP contribution in [0.3, 0.4) is 0 Å². The number of hydrogen-bond acceptors (Lipinski definition) is 5. The molecule has 3 heterocycles. The third-order valence-corrected chi connectivity index (χ3v) is 8.02. The number of hydrogen-bond donors (Lipinski definition) is 1. The van der Waals surface area contributed by atoms with Crippen LogP contribution in [0.4, 0.5) is 5.13 Å². The van der Waals surface area contributed by atoms with E-state index in [2.05, 4.69) is 93.5 Å². The van der Waals surface area contributed by atoms with E-state index in [-0.39, 0.29) is 11.1 Å². The van der Waals surface area contributed by atoms with Gasteiger partial charge < -0.3 is 10.2 Å². The summed E-state index contributed by atoms with van der Waals surface area (Å²) in [5.41, 5.74) is 6.21. The van der Waals surface area contributed by atoms with E-state index in [0.29, 0.717) is 6.04 Å². The summed E-state index contributed by atoms with van der Waals surface area (Å²) in [4.78, 5) is 7.42. The Labute approximate surface area is 200 Å². The van der Waals surface area contributed by atoms with Crippen molar-refractivity contribution < 1.29 is 0 Å². The predicted octanol–water partition coefficient (Wildman–Crippen LogP) is 6.16. The van der Waals surface area contributed by atoms with E-state index in [4.69, 9.17) is 4.98 Å². The SMILES string of the molecule is CCc1cc(-c2ccc3nc(N(C)C4CC(C)(C)NC(C)(C)C4)sc3c2)cc2cn(C)nc12. The van der Waals surface area contributed by atoms with Gasteiger partial charge in [-0.15, -0.1) is 0 Å². The molecule has 1 aliphatic heterocycles. The van der Waals surface area contributed by atoms with E-state index >= 15 is 0 Å². The molecule has 4 aromatic rings. The average molecular weight is 462 g/mol. The monoisotopic (exact) mass is 461 g/mol. The molecule has 5 rings (SSSR count). The summed E-state index contributed by atoms with van der Waals surface area (Å²) in [6.07, 6.45) is 5.30. The molecule has 33 heavy (non-hydrogen) atoms. The zero-order valence-corrected chi connectivity index (χ0v) is 21.7. The Morgan fingerprint density at radius 3 is 2.52 bits per heavy atom. The van der Waals surface area contributed by atoms with Crippen LogP contribution in [0.1, 0.15) is 53.0 Å². The summed E-state index contributed by atoms with van der Waals surface area (Å²) < 4.78 is 3.15. The molecule has 0 unspecified atom stereocenters. The fraction of sp³-hybridized carbons (Fsp3) is 0.481. The minimum atomic E-state index is 0.118. The fourth-order valence-corrected chi connectivity index (χ4v) is 6.74. The molecule has 0 saturated carbocycles. The van der Waals surface area contributed by atoms with Crippen LogP contribution in [0.25, 0.3) is 32.2 Å². The normalized spacial score (nSPS) is 18.3. The maximum absolute atomic E-state index is 5.02. The summed E-state index contributed by atoms with van der Waals surface area (Å²) in [5.74, 6) is 0. The average Bonchev–Trinajstić information content (AvgIpc) is 3.31. The van der Waals surface area contributed by atoms with E-state index < -0.39 is 0 Å². The number of aromatic nitrogens is 3. The number of nitrogens with zero attached hydrogens (tertiary/aromatic N) is 4. The first-order valence-corrected chi connectivity index (χ1v) is 12.7. The first-order valence-electron chi connectivity index (χ1n) is 11.9. The lowest BCUT2D eigenvalue weighted by Gasteiger charge is -2.48. The van der Waals surface area contributed by atoms with E-state index in [0.717, 1.165) is 35.4 Å². The quantitative estimate of drug-likeness (QED) is 0.395. The van der Waals surface area contributed by atoms with E-state index in [1.807, 2.05) is 11.7 Å². The maximum Gasteiger partial charge on any atom is 0.186 e. The maximum atomic E-state index is 5.02. The highest BCUT2D eigenvalue weighted by molar-refractivity contribution is 7.22. The minimum absolute atomic E-state index is 0.118. The standard InChI is InChI=1S/C27H35N5S/c1-8-17-11-19(12-20-16-31(6)29-24(17)20)18-9-10-22-23(13-18)33-25(28-22)32(7)21-14-26(2,3)30-27(4,5)15-21/h9-13,16,21,30H,8,14-15H2,1-7H3. The molecule has 1 aliphatic rings. The first kappa shape index (κ1) is 22.4. The molecule has 174 valence electrons. The Morgan fingerprint density at radius 2 is 1.82 bits per heavy atom. The fourth-order valence-electron chi connectivity index (χ4n) is 5.70. The minimum Gasteiger partial charge on any atom is -0.348 e. The van der Waals surface area contributed by atoms with Crippen molar-refractivity contribution in [3.63, 3.8) is 0 Å². The molecule has 0 aliphatic carbocycles. The number of benzene rings is 2. The number of nitrogens with one attached hydrogen (secondary N) is 1. The van der Waals surface area contributed by atoms with Crippen LogP contribution in [0, 0.1) is 0 Å². The number of anilines is 1. The van der Waals surface area contributed by atoms with Crippen molar-refractivity contribution in [3.05, 3.63) is 42.1 Å². The number of thiazole rings is 1. The highest BCUT2D eigenvalue weighted by Gasteiger charge is 2.39. The number of aryl methyl sites for hydroxylation is 2. The lowest BCUT2D eigenvalue weighted by Crippen LogP contribution is -2.61.